The fraction of sp³-hybridized carbons (Fsp3) is 0.385. The van der Waals surface area contributed by atoms with E-state index in [-0.39, 0.29) is 11.1 Å². The normalized spacial score (nSPS) is 11.6. The van der Waals surface area contributed by atoms with Crippen molar-refractivity contribution in [2.24, 2.45) is 0 Å². The van der Waals surface area contributed by atoms with Crippen LogP contribution in [0.1, 0.15) is 26.8 Å². The monoisotopic (exact) mass is 309 g/mol. The summed E-state index contributed by atoms with van der Waals surface area (Å²) >= 11 is 0. The van der Waals surface area contributed by atoms with Gasteiger partial charge in [-0.2, -0.15) is 13.5 Å². The molecule has 8 heteroatoms. The average Bonchev–Trinajstić information content (AvgIpc) is 2.87. The summed E-state index contributed by atoms with van der Waals surface area (Å²) in [6, 6.07) is 5.04. The molecule has 21 heavy (non-hydrogen) atoms. The molecule has 114 valence electrons. The first-order valence-corrected chi connectivity index (χ1v) is 8.19. The molecule has 0 unspecified atom stereocenters. The number of aromatic nitrogens is 3. The van der Waals surface area contributed by atoms with Crippen LogP contribution in [0.3, 0.4) is 0 Å². The van der Waals surface area contributed by atoms with Crippen LogP contribution in [0.5, 0.6) is 0 Å². The highest BCUT2D eigenvalue weighted by Crippen LogP contribution is 2.22. The number of rotatable bonds is 6. The van der Waals surface area contributed by atoms with Crippen molar-refractivity contribution in [2.45, 2.75) is 31.8 Å². The van der Waals surface area contributed by atoms with Gasteiger partial charge >= 0.3 is 0 Å². The smallest absolute Gasteiger partial charge is 0.282 e. The molecule has 0 aromatic carbocycles. The van der Waals surface area contributed by atoms with E-state index < -0.39 is 10.0 Å². The lowest BCUT2D eigenvalue weighted by Gasteiger charge is -2.14. The molecule has 0 aliphatic carbocycles. The lowest BCUT2D eigenvalue weighted by Crippen LogP contribution is -2.19. The van der Waals surface area contributed by atoms with Gasteiger partial charge in [-0.25, -0.2) is 9.67 Å². The quantitative estimate of drug-likeness (QED) is 0.853. The van der Waals surface area contributed by atoms with Crippen LogP contribution >= 0.6 is 0 Å². The maximum Gasteiger partial charge on any atom is 0.282 e. The van der Waals surface area contributed by atoms with Gasteiger partial charge in [-0.15, -0.1) is 0 Å². The summed E-state index contributed by atoms with van der Waals surface area (Å²) in [5, 5.41) is 7.08. The van der Waals surface area contributed by atoms with Crippen molar-refractivity contribution in [3.63, 3.8) is 0 Å². The molecule has 0 aliphatic heterocycles. The van der Waals surface area contributed by atoms with Gasteiger partial charge in [-0.3, -0.25) is 4.72 Å². The Labute approximate surface area is 124 Å². The third-order valence-electron chi connectivity index (χ3n) is 2.79. The summed E-state index contributed by atoms with van der Waals surface area (Å²) in [6.45, 7) is 6.36. The van der Waals surface area contributed by atoms with Gasteiger partial charge in [0.15, 0.2) is 5.03 Å². The fourth-order valence-corrected chi connectivity index (χ4v) is 3.09. The molecular weight excluding hydrogens is 290 g/mol. The standard InChI is InChI=1S/C13H19N5O2S/c1-4-14-11-6-5-8-15-13(11)21(19,20)17-12-7-9-16-18(12)10(2)3/h5-10,14,17H,4H2,1-3H3. The van der Waals surface area contributed by atoms with Crippen molar-refractivity contribution in [3.05, 3.63) is 30.6 Å². The van der Waals surface area contributed by atoms with E-state index in [1.54, 1.807) is 29.1 Å². The molecule has 0 aliphatic rings. The van der Waals surface area contributed by atoms with Crippen molar-refractivity contribution < 1.29 is 8.42 Å². The molecule has 0 bridgehead atoms. The molecule has 2 aromatic rings. The molecule has 2 heterocycles. The minimum absolute atomic E-state index is 0.0247. The van der Waals surface area contributed by atoms with Gasteiger partial charge in [0.25, 0.3) is 10.0 Å². The molecule has 2 rings (SSSR count). The first kappa shape index (κ1) is 15.3. The topological polar surface area (TPSA) is 88.9 Å². The Morgan fingerprint density at radius 2 is 2.05 bits per heavy atom. The van der Waals surface area contributed by atoms with Crippen molar-refractivity contribution in [2.75, 3.05) is 16.6 Å². The molecule has 0 radical (unpaired) electrons. The average molecular weight is 309 g/mol. The predicted octanol–water partition coefficient (Wildman–Crippen LogP) is 2.09. The van der Waals surface area contributed by atoms with Gasteiger partial charge < -0.3 is 5.32 Å². The van der Waals surface area contributed by atoms with Crippen molar-refractivity contribution in [1.29, 1.82) is 0 Å². The first-order chi connectivity index (χ1) is 9.95. The number of hydrogen-bond acceptors (Lipinski definition) is 5. The van der Waals surface area contributed by atoms with Crippen LogP contribution in [-0.4, -0.2) is 29.7 Å². The second kappa shape index (κ2) is 6.13. The van der Waals surface area contributed by atoms with E-state index in [4.69, 9.17) is 0 Å². The Balaban J connectivity index is 2.37. The largest absolute Gasteiger partial charge is 0.383 e. The molecule has 0 spiro atoms. The number of nitrogens with zero attached hydrogens (tertiary/aromatic N) is 3. The number of sulfonamides is 1. The lowest BCUT2D eigenvalue weighted by molar-refractivity contribution is 0.539. The second-order valence-electron chi connectivity index (χ2n) is 4.75. The lowest BCUT2D eigenvalue weighted by atomic mass is 10.4. The summed E-state index contributed by atoms with van der Waals surface area (Å²) in [5.74, 6) is 0.415. The Morgan fingerprint density at radius 1 is 1.29 bits per heavy atom. The Kier molecular flexibility index (Phi) is 4.46. The Bertz CT molecular complexity index is 709. The van der Waals surface area contributed by atoms with Crippen molar-refractivity contribution in [1.82, 2.24) is 14.8 Å². The number of pyridine rings is 1. The molecule has 0 saturated heterocycles. The maximum absolute atomic E-state index is 12.5. The highest BCUT2D eigenvalue weighted by atomic mass is 32.2. The third kappa shape index (κ3) is 3.33. The highest BCUT2D eigenvalue weighted by Gasteiger charge is 2.22. The van der Waals surface area contributed by atoms with E-state index in [9.17, 15) is 8.42 Å². The maximum atomic E-state index is 12.5. The first-order valence-electron chi connectivity index (χ1n) is 6.71. The van der Waals surface area contributed by atoms with Crippen LogP contribution in [0.2, 0.25) is 0 Å². The van der Waals surface area contributed by atoms with Crippen LogP contribution in [-0.2, 0) is 10.0 Å². The van der Waals surface area contributed by atoms with Crippen LogP contribution in [0.15, 0.2) is 35.6 Å². The molecule has 0 fully saturated rings. The summed E-state index contributed by atoms with van der Waals surface area (Å²) in [5.41, 5.74) is 0.475. The zero-order valence-corrected chi connectivity index (χ0v) is 13.1. The van der Waals surface area contributed by atoms with Crippen molar-refractivity contribution >= 4 is 21.5 Å². The SMILES string of the molecule is CCNc1cccnc1S(=O)(=O)Nc1ccnn1C(C)C. The van der Waals surface area contributed by atoms with Gasteiger partial charge in [0.05, 0.1) is 11.9 Å². The van der Waals surface area contributed by atoms with E-state index in [2.05, 4.69) is 20.1 Å². The molecule has 0 amide bonds. The van der Waals surface area contributed by atoms with Gasteiger partial charge in [-0.05, 0) is 32.9 Å². The van der Waals surface area contributed by atoms with Crippen LogP contribution in [0.4, 0.5) is 11.5 Å². The molecule has 0 saturated carbocycles. The molecule has 0 atom stereocenters. The molecule has 2 N–H and O–H groups in total. The van der Waals surface area contributed by atoms with Crippen LogP contribution < -0.4 is 10.0 Å². The molecular formula is C13H19N5O2S. The minimum atomic E-state index is -3.78. The van der Waals surface area contributed by atoms with E-state index >= 15 is 0 Å². The fourth-order valence-electron chi connectivity index (χ4n) is 1.92. The summed E-state index contributed by atoms with van der Waals surface area (Å²) < 4.78 is 29.2. The Hall–Kier alpha value is -2.09. The van der Waals surface area contributed by atoms with Crippen LogP contribution in [0.25, 0.3) is 0 Å². The van der Waals surface area contributed by atoms with E-state index in [1.165, 1.54) is 6.20 Å². The number of hydrogen-bond donors (Lipinski definition) is 2. The number of anilines is 2. The third-order valence-corrected chi connectivity index (χ3v) is 4.10. The summed E-state index contributed by atoms with van der Waals surface area (Å²) in [7, 11) is -3.78. The highest BCUT2D eigenvalue weighted by molar-refractivity contribution is 7.92. The second-order valence-corrected chi connectivity index (χ2v) is 6.34. The minimum Gasteiger partial charge on any atom is -0.383 e. The van der Waals surface area contributed by atoms with Crippen LogP contribution in [0, 0.1) is 0 Å². The zero-order valence-electron chi connectivity index (χ0n) is 12.2. The van der Waals surface area contributed by atoms with E-state index in [0.717, 1.165) is 0 Å². The molecule has 2 aromatic heterocycles. The summed E-state index contributed by atoms with van der Waals surface area (Å²) in [4.78, 5) is 3.98. The summed E-state index contributed by atoms with van der Waals surface area (Å²) in [6.07, 6.45) is 3.01. The van der Waals surface area contributed by atoms with Gasteiger partial charge in [-0.1, -0.05) is 0 Å². The Morgan fingerprint density at radius 3 is 2.71 bits per heavy atom. The van der Waals surface area contributed by atoms with Gasteiger partial charge in [0, 0.05) is 24.8 Å². The zero-order chi connectivity index (χ0) is 15.5. The van der Waals surface area contributed by atoms with E-state index in [1.807, 2.05) is 20.8 Å². The van der Waals surface area contributed by atoms with Gasteiger partial charge in [0.2, 0.25) is 0 Å². The van der Waals surface area contributed by atoms with E-state index in [0.29, 0.717) is 18.1 Å². The van der Waals surface area contributed by atoms with Gasteiger partial charge in [0.1, 0.15) is 5.82 Å². The molecule has 7 nitrogen and oxygen atoms in total. The number of nitrogens with one attached hydrogen (secondary N) is 2. The predicted molar refractivity (Wildman–Crippen MR) is 81.8 cm³/mol. The van der Waals surface area contributed by atoms with Crippen molar-refractivity contribution in [3.8, 4) is 0 Å².